The lowest BCUT2D eigenvalue weighted by molar-refractivity contribution is 0.195. The highest BCUT2D eigenvalue weighted by Crippen LogP contribution is 2.27. The van der Waals surface area contributed by atoms with E-state index in [4.69, 9.17) is 5.26 Å². The molecule has 1 aromatic heterocycles. The zero-order valence-corrected chi connectivity index (χ0v) is 12.0. The van der Waals surface area contributed by atoms with Gasteiger partial charge in [0.1, 0.15) is 6.07 Å². The molecule has 4 rings (SSSR count). The summed E-state index contributed by atoms with van der Waals surface area (Å²) in [6, 6.07) is 13.5. The van der Waals surface area contributed by atoms with Gasteiger partial charge >= 0.3 is 0 Å². The molecule has 0 saturated carbocycles. The molecule has 0 saturated heterocycles. The SMILES string of the molecule is N#Cc1cc2n(n1)CCCN(C1Cc3ccccc3C1)C2. The van der Waals surface area contributed by atoms with Crippen LogP contribution < -0.4 is 0 Å². The van der Waals surface area contributed by atoms with Crippen molar-refractivity contribution in [2.24, 2.45) is 0 Å². The van der Waals surface area contributed by atoms with E-state index < -0.39 is 0 Å². The summed E-state index contributed by atoms with van der Waals surface area (Å²) in [5.41, 5.74) is 4.72. The quantitative estimate of drug-likeness (QED) is 0.802. The molecule has 0 atom stereocenters. The average Bonchev–Trinajstić information content (AvgIpc) is 3.05. The topological polar surface area (TPSA) is 44.9 Å². The summed E-state index contributed by atoms with van der Waals surface area (Å²) in [5, 5.41) is 13.4. The fourth-order valence-corrected chi connectivity index (χ4v) is 3.65. The van der Waals surface area contributed by atoms with Crippen LogP contribution in [-0.2, 0) is 25.9 Å². The number of nitrogens with zero attached hydrogens (tertiary/aromatic N) is 4. The third-order valence-electron chi connectivity index (χ3n) is 4.70. The van der Waals surface area contributed by atoms with Gasteiger partial charge in [-0.1, -0.05) is 24.3 Å². The van der Waals surface area contributed by atoms with E-state index in [0.29, 0.717) is 11.7 Å². The molecule has 2 aromatic rings. The van der Waals surface area contributed by atoms with Crippen molar-refractivity contribution in [3.63, 3.8) is 0 Å². The maximum atomic E-state index is 9.01. The summed E-state index contributed by atoms with van der Waals surface area (Å²) in [4.78, 5) is 2.57. The molecule has 0 radical (unpaired) electrons. The second-order valence-electron chi connectivity index (χ2n) is 6.01. The summed E-state index contributed by atoms with van der Waals surface area (Å²) >= 11 is 0. The molecule has 2 heterocycles. The van der Waals surface area contributed by atoms with Gasteiger partial charge in [-0.25, -0.2) is 0 Å². The molecule has 4 heteroatoms. The number of fused-ring (bicyclic) bond motifs is 2. The largest absolute Gasteiger partial charge is 0.294 e. The van der Waals surface area contributed by atoms with Crippen LogP contribution in [-0.4, -0.2) is 27.3 Å². The first-order chi connectivity index (χ1) is 10.3. The minimum absolute atomic E-state index is 0.543. The van der Waals surface area contributed by atoms with Crippen LogP contribution >= 0.6 is 0 Å². The van der Waals surface area contributed by atoms with Crippen molar-refractivity contribution in [3.05, 3.63) is 52.8 Å². The van der Waals surface area contributed by atoms with Gasteiger partial charge in [-0.3, -0.25) is 9.58 Å². The molecule has 1 aliphatic carbocycles. The van der Waals surface area contributed by atoms with Gasteiger partial charge in [0.15, 0.2) is 5.69 Å². The van der Waals surface area contributed by atoms with E-state index in [0.717, 1.165) is 38.9 Å². The van der Waals surface area contributed by atoms with E-state index >= 15 is 0 Å². The molecular formula is C17H18N4. The number of nitriles is 1. The van der Waals surface area contributed by atoms with Crippen LogP contribution in [0.5, 0.6) is 0 Å². The highest BCUT2D eigenvalue weighted by atomic mass is 15.3. The Hall–Kier alpha value is -2.12. The summed E-state index contributed by atoms with van der Waals surface area (Å²) in [5.74, 6) is 0. The van der Waals surface area contributed by atoms with E-state index in [1.165, 1.54) is 16.8 Å². The number of hydrogen-bond donors (Lipinski definition) is 0. The Morgan fingerprint density at radius 1 is 1.14 bits per heavy atom. The fourth-order valence-electron chi connectivity index (χ4n) is 3.65. The monoisotopic (exact) mass is 278 g/mol. The molecule has 0 unspecified atom stereocenters. The molecule has 0 N–H and O–H groups in total. The standard InChI is InChI=1S/C17H18N4/c18-11-15-10-17-12-20(6-3-7-21(17)19-15)16-8-13-4-1-2-5-14(13)9-16/h1-2,4-5,10,16H,3,6-9,12H2. The number of hydrogen-bond acceptors (Lipinski definition) is 3. The molecule has 21 heavy (non-hydrogen) atoms. The third-order valence-corrected chi connectivity index (χ3v) is 4.70. The van der Waals surface area contributed by atoms with E-state index in [2.05, 4.69) is 40.3 Å². The van der Waals surface area contributed by atoms with Crippen molar-refractivity contribution in [2.75, 3.05) is 6.54 Å². The molecule has 0 amide bonds. The van der Waals surface area contributed by atoms with Crippen molar-refractivity contribution in [3.8, 4) is 6.07 Å². The Kier molecular flexibility index (Phi) is 3.01. The van der Waals surface area contributed by atoms with E-state index in [1.807, 2.05) is 10.7 Å². The smallest absolute Gasteiger partial charge is 0.162 e. The zero-order valence-electron chi connectivity index (χ0n) is 12.0. The van der Waals surface area contributed by atoms with Crippen LogP contribution in [0.1, 0.15) is 28.9 Å². The predicted molar refractivity (Wildman–Crippen MR) is 79.6 cm³/mol. The highest BCUT2D eigenvalue weighted by molar-refractivity contribution is 5.33. The Labute approximate surface area is 124 Å². The van der Waals surface area contributed by atoms with E-state index in [9.17, 15) is 0 Å². The average molecular weight is 278 g/mol. The summed E-state index contributed by atoms with van der Waals surface area (Å²) in [7, 11) is 0. The molecule has 4 nitrogen and oxygen atoms in total. The second kappa shape index (κ2) is 5.01. The lowest BCUT2D eigenvalue weighted by Gasteiger charge is -2.26. The van der Waals surface area contributed by atoms with Gasteiger partial charge in [0, 0.05) is 25.7 Å². The number of aromatic nitrogens is 2. The fraction of sp³-hybridized carbons (Fsp3) is 0.412. The Morgan fingerprint density at radius 3 is 2.62 bits per heavy atom. The summed E-state index contributed by atoms with van der Waals surface area (Å²) < 4.78 is 2.01. The predicted octanol–water partition coefficient (Wildman–Crippen LogP) is 2.13. The van der Waals surface area contributed by atoms with E-state index in [1.54, 1.807) is 0 Å². The Morgan fingerprint density at radius 2 is 1.90 bits per heavy atom. The molecular weight excluding hydrogens is 260 g/mol. The Balaban J connectivity index is 1.56. The van der Waals surface area contributed by atoms with Gasteiger partial charge in [0.2, 0.25) is 0 Å². The molecule has 1 aromatic carbocycles. The maximum Gasteiger partial charge on any atom is 0.162 e. The number of aryl methyl sites for hydroxylation is 1. The summed E-state index contributed by atoms with van der Waals surface area (Å²) in [6.07, 6.45) is 3.40. The van der Waals surface area contributed by atoms with Crippen LogP contribution in [0.25, 0.3) is 0 Å². The molecule has 1 aliphatic heterocycles. The summed E-state index contributed by atoms with van der Waals surface area (Å²) in [6.45, 7) is 2.95. The minimum Gasteiger partial charge on any atom is -0.294 e. The lowest BCUT2D eigenvalue weighted by atomic mass is 10.1. The van der Waals surface area contributed by atoms with Crippen LogP contribution in [0.4, 0.5) is 0 Å². The minimum atomic E-state index is 0.543. The molecule has 106 valence electrons. The van der Waals surface area contributed by atoms with Crippen molar-refractivity contribution >= 4 is 0 Å². The molecule has 0 spiro atoms. The number of benzene rings is 1. The van der Waals surface area contributed by atoms with Crippen LogP contribution in [0.3, 0.4) is 0 Å². The van der Waals surface area contributed by atoms with Gasteiger partial charge in [-0.2, -0.15) is 10.4 Å². The van der Waals surface area contributed by atoms with Crippen LogP contribution in [0, 0.1) is 11.3 Å². The van der Waals surface area contributed by atoms with Gasteiger partial charge in [0.05, 0.1) is 5.69 Å². The maximum absolute atomic E-state index is 9.01. The van der Waals surface area contributed by atoms with Crippen LogP contribution in [0.15, 0.2) is 30.3 Å². The normalized spacial score (nSPS) is 18.8. The van der Waals surface area contributed by atoms with Crippen molar-refractivity contribution in [1.29, 1.82) is 5.26 Å². The molecule has 2 aliphatic rings. The second-order valence-corrected chi connectivity index (χ2v) is 6.01. The zero-order chi connectivity index (χ0) is 14.2. The van der Waals surface area contributed by atoms with Gasteiger partial charge in [0.25, 0.3) is 0 Å². The first-order valence-corrected chi connectivity index (χ1v) is 7.61. The van der Waals surface area contributed by atoms with E-state index in [-0.39, 0.29) is 0 Å². The first-order valence-electron chi connectivity index (χ1n) is 7.61. The van der Waals surface area contributed by atoms with Gasteiger partial charge < -0.3 is 0 Å². The lowest BCUT2D eigenvalue weighted by Crippen LogP contribution is -2.35. The van der Waals surface area contributed by atoms with Gasteiger partial charge in [-0.15, -0.1) is 0 Å². The Bertz CT molecular complexity index is 685. The number of rotatable bonds is 1. The van der Waals surface area contributed by atoms with Crippen molar-refractivity contribution in [1.82, 2.24) is 14.7 Å². The van der Waals surface area contributed by atoms with Gasteiger partial charge in [-0.05, 0) is 36.5 Å². The van der Waals surface area contributed by atoms with Crippen molar-refractivity contribution < 1.29 is 0 Å². The highest BCUT2D eigenvalue weighted by Gasteiger charge is 2.28. The molecule has 0 fully saturated rings. The van der Waals surface area contributed by atoms with Crippen LogP contribution in [0.2, 0.25) is 0 Å². The van der Waals surface area contributed by atoms with Crippen molar-refractivity contribution in [2.45, 2.75) is 38.4 Å². The third kappa shape index (κ3) is 2.24. The first kappa shape index (κ1) is 12.6. The molecule has 0 bridgehead atoms.